The van der Waals surface area contributed by atoms with Crippen LogP contribution in [0.3, 0.4) is 0 Å². The SMILES string of the molecule is CC(C)(C)OC(=O)C[C@H]1C[C@@H](CS(=O)(=O)c2nc3ccccc3s2)OC(C)(C)O1.CC(C)(C)OC(=O)C[C@H]1C[C@@H](CSc2nc3ccccc3s2)OC(C)(C)O1.[2HH]. The monoisotopic (exact) mass is 853 g/mol. The predicted molar refractivity (Wildman–Crippen MR) is 222 cm³/mol. The highest BCUT2D eigenvalue weighted by atomic mass is 32.2. The van der Waals surface area contributed by atoms with Crippen LogP contribution >= 0.6 is 34.4 Å². The van der Waals surface area contributed by atoms with Gasteiger partial charge in [0.15, 0.2) is 15.9 Å². The van der Waals surface area contributed by atoms with Crippen LogP contribution in [0.25, 0.3) is 20.4 Å². The highest BCUT2D eigenvalue weighted by Crippen LogP contribution is 2.35. The fourth-order valence-electron chi connectivity index (χ4n) is 6.41. The smallest absolute Gasteiger partial charge is 0.308 e. The number of hydrogen-bond acceptors (Lipinski definition) is 15. The van der Waals surface area contributed by atoms with Crippen molar-refractivity contribution in [1.82, 2.24) is 9.97 Å². The van der Waals surface area contributed by atoms with Crippen molar-refractivity contribution in [3.05, 3.63) is 48.5 Å². The molecule has 4 aromatic rings. The van der Waals surface area contributed by atoms with Crippen LogP contribution < -0.4 is 0 Å². The Bertz CT molecular complexity index is 2020. The van der Waals surface area contributed by atoms with Crippen molar-refractivity contribution in [3.63, 3.8) is 0 Å². The lowest BCUT2D eigenvalue weighted by molar-refractivity contribution is -0.296. The fourth-order valence-corrected chi connectivity index (χ4v) is 11.3. The molecule has 0 amide bonds. The molecule has 2 aliphatic heterocycles. The summed E-state index contributed by atoms with van der Waals surface area (Å²) in [6, 6.07) is 15.4. The van der Waals surface area contributed by atoms with Crippen molar-refractivity contribution in [2.75, 3.05) is 11.5 Å². The Hall–Kier alpha value is -2.70. The van der Waals surface area contributed by atoms with E-state index in [1.54, 1.807) is 63.8 Å². The molecule has 2 fully saturated rings. The van der Waals surface area contributed by atoms with E-state index in [9.17, 15) is 18.0 Å². The Morgan fingerprint density at radius 2 is 1.18 bits per heavy atom. The van der Waals surface area contributed by atoms with Gasteiger partial charge in [-0.1, -0.05) is 36.0 Å². The predicted octanol–water partition coefficient (Wildman–Crippen LogP) is 8.99. The molecule has 310 valence electrons. The zero-order valence-electron chi connectivity index (χ0n) is 33.8. The van der Waals surface area contributed by atoms with Gasteiger partial charge in [0, 0.05) is 20.0 Å². The van der Waals surface area contributed by atoms with Gasteiger partial charge in [0.05, 0.1) is 63.4 Å². The van der Waals surface area contributed by atoms with Crippen LogP contribution in [0.4, 0.5) is 0 Å². The molecule has 2 saturated heterocycles. The van der Waals surface area contributed by atoms with Gasteiger partial charge in [0.25, 0.3) is 0 Å². The third kappa shape index (κ3) is 13.7. The largest absolute Gasteiger partial charge is 0.460 e. The molecule has 0 unspecified atom stereocenters. The number of para-hydroxylation sites is 2. The summed E-state index contributed by atoms with van der Waals surface area (Å²) < 4.78 is 63.5. The summed E-state index contributed by atoms with van der Waals surface area (Å²) in [4.78, 5) is 33.3. The molecule has 4 atom stereocenters. The van der Waals surface area contributed by atoms with Crippen molar-refractivity contribution in [1.29, 1.82) is 0 Å². The quantitative estimate of drug-likeness (QED) is 0.110. The fraction of sp³-hybridized carbons (Fsp3) is 0.600. The number of fused-ring (bicyclic) bond motifs is 2. The van der Waals surface area contributed by atoms with Crippen LogP contribution in [0, 0.1) is 0 Å². The van der Waals surface area contributed by atoms with Crippen molar-refractivity contribution >= 4 is 76.6 Å². The summed E-state index contributed by atoms with van der Waals surface area (Å²) in [5, 5.41) is 0. The molecular formula is C40H56N2O10S4. The molecule has 4 heterocycles. The minimum absolute atomic E-state index is 0. The Balaban J connectivity index is 0.000000249. The number of esters is 2. The number of thioether (sulfide) groups is 1. The second kappa shape index (κ2) is 17.7. The van der Waals surface area contributed by atoms with Crippen LogP contribution in [0.5, 0.6) is 0 Å². The van der Waals surface area contributed by atoms with E-state index in [1.165, 1.54) is 4.70 Å². The summed E-state index contributed by atoms with van der Waals surface area (Å²) in [5.74, 6) is -1.78. The first kappa shape index (κ1) is 44.4. The Labute approximate surface area is 343 Å². The van der Waals surface area contributed by atoms with Gasteiger partial charge in [-0.3, -0.25) is 9.59 Å². The van der Waals surface area contributed by atoms with E-state index in [0.717, 1.165) is 31.6 Å². The van der Waals surface area contributed by atoms with Crippen molar-refractivity contribution in [2.24, 2.45) is 0 Å². The first-order valence-corrected chi connectivity index (χ1v) is 22.9. The van der Waals surface area contributed by atoms with E-state index in [1.807, 2.05) is 71.0 Å². The number of nitrogens with zero attached hydrogens (tertiary/aromatic N) is 2. The van der Waals surface area contributed by atoms with Crippen molar-refractivity contribution in [2.45, 2.75) is 151 Å². The maximum atomic E-state index is 12.9. The number of rotatable bonds is 10. The molecule has 0 N–H and O–H groups in total. The van der Waals surface area contributed by atoms with Gasteiger partial charge in [-0.25, -0.2) is 18.4 Å². The second-order valence-electron chi connectivity index (χ2n) is 16.8. The first-order valence-electron chi connectivity index (χ1n) is 18.6. The van der Waals surface area contributed by atoms with Crippen LogP contribution in [0.1, 0.15) is 96.3 Å². The van der Waals surface area contributed by atoms with E-state index in [0.29, 0.717) is 11.9 Å². The average molecular weight is 854 g/mol. The van der Waals surface area contributed by atoms with Gasteiger partial charge < -0.3 is 28.4 Å². The number of aromatic nitrogens is 2. The van der Waals surface area contributed by atoms with E-state index in [2.05, 4.69) is 16.0 Å². The molecule has 2 aromatic heterocycles. The van der Waals surface area contributed by atoms with Gasteiger partial charge in [0.1, 0.15) is 11.2 Å². The van der Waals surface area contributed by atoms with E-state index in [-0.39, 0.29) is 54.9 Å². The standard InChI is InChI=1S/C20H27NO6S2.C20H27NO4S2.H2/c1-19(2,3)27-17(22)11-13-10-14(26-20(4,5)25-13)12-29(23,24)18-21-15-8-6-7-9-16(15)28-18;1-19(2,3)25-17(22)11-13-10-14(24-20(4,5)23-13)12-26-18-21-15-8-6-7-9-16(15)27-18;/h6-9,13-14H,10-12H2,1-5H3;6-9,13-14H,10-12H2,1-5H3;1H/t2*13-,14+;/m11./s1/i;;1+1. The zero-order chi connectivity index (χ0) is 41.1. The molecule has 0 bridgehead atoms. The molecule has 16 heteroatoms. The zero-order valence-corrected chi connectivity index (χ0v) is 37.0. The van der Waals surface area contributed by atoms with Crippen molar-refractivity contribution < 1.29 is 47.9 Å². The topological polar surface area (TPSA) is 149 Å². The lowest BCUT2D eigenvalue weighted by Crippen LogP contribution is -2.47. The van der Waals surface area contributed by atoms with Gasteiger partial charge in [-0.15, -0.1) is 22.7 Å². The number of hydrogen-bond donors (Lipinski definition) is 0. The summed E-state index contributed by atoms with van der Waals surface area (Å²) >= 11 is 4.54. The van der Waals surface area contributed by atoms with E-state index in [4.69, 9.17) is 28.4 Å². The molecule has 0 radical (unpaired) electrons. The third-order valence-corrected chi connectivity index (χ3v) is 13.7. The van der Waals surface area contributed by atoms with Crippen LogP contribution in [0.2, 0.25) is 0 Å². The molecule has 0 aliphatic carbocycles. The number of benzene rings is 2. The highest BCUT2D eigenvalue weighted by molar-refractivity contribution is 8.01. The normalized spacial score (nSPS) is 22.6. The summed E-state index contributed by atoms with van der Waals surface area (Å²) in [7, 11) is -3.64. The Kier molecular flexibility index (Phi) is 14.0. The van der Waals surface area contributed by atoms with Gasteiger partial charge in [-0.2, -0.15) is 0 Å². The molecule has 56 heavy (non-hydrogen) atoms. The molecule has 0 saturated carbocycles. The van der Waals surface area contributed by atoms with Gasteiger partial charge in [0.2, 0.25) is 14.2 Å². The molecule has 12 nitrogen and oxygen atoms in total. The van der Waals surface area contributed by atoms with E-state index >= 15 is 0 Å². The third-order valence-electron chi connectivity index (χ3n) is 8.09. The molecule has 2 aliphatic rings. The summed E-state index contributed by atoms with van der Waals surface area (Å²) in [6.07, 6.45) is -0.0586. The van der Waals surface area contributed by atoms with Gasteiger partial charge in [-0.05, 0) is 93.5 Å². The lowest BCUT2D eigenvalue weighted by Gasteiger charge is -2.40. The van der Waals surface area contributed by atoms with E-state index < -0.39 is 44.8 Å². The maximum Gasteiger partial charge on any atom is 0.308 e. The van der Waals surface area contributed by atoms with Crippen LogP contribution in [-0.2, 0) is 47.8 Å². The molecule has 6 rings (SSSR count). The molecular weight excluding hydrogens is 797 g/mol. The Morgan fingerprint density at radius 3 is 1.68 bits per heavy atom. The highest BCUT2D eigenvalue weighted by Gasteiger charge is 2.40. The van der Waals surface area contributed by atoms with Gasteiger partial charge >= 0.3 is 11.9 Å². The Morgan fingerprint density at radius 1 is 0.732 bits per heavy atom. The number of carbonyl (C=O) groups excluding carboxylic acids is 2. The number of carbonyl (C=O) groups is 2. The molecule has 2 aromatic carbocycles. The number of ether oxygens (including phenoxy) is 6. The average Bonchev–Trinajstić information content (AvgIpc) is 3.65. The lowest BCUT2D eigenvalue weighted by atomic mass is 10.1. The molecule has 0 spiro atoms. The number of thiazole rings is 2. The number of sulfone groups is 1. The minimum Gasteiger partial charge on any atom is -0.460 e. The summed E-state index contributed by atoms with van der Waals surface area (Å²) in [5.41, 5.74) is 0.612. The minimum atomic E-state index is -3.64. The maximum absolute atomic E-state index is 12.9. The van der Waals surface area contributed by atoms with Crippen LogP contribution in [0.15, 0.2) is 57.2 Å². The first-order chi connectivity index (χ1) is 25.9. The van der Waals surface area contributed by atoms with Crippen LogP contribution in [-0.4, -0.2) is 89.0 Å². The van der Waals surface area contributed by atoms with Crippen molar-refractivity contribution in [3.8, 4) is 0 Å². The second-order valence-corrected chi connectivity index (χ2v) is 22.3. The summed E-state index contributed by atoms with van der Waals surface area (Å²) in [6.45, 7) is 18.2.